The number of hydrogen-bond donors (Lipinski definition) is 0. The lowest BCUT2D eigenvalue weighted by molar-refractivity contribution is -0.137. The highest BCUT2D eigenvalue weighted by Crippen LogP contribution is 2.29. The predicted molar refractivity (Wildman–Crippen MR) is 76.5 cm³/mol. The van der Waals surface area contributed by atoms with Crippen LogP contribution < -0.4 is 0 Å². The van der Waals surface area contributed by atoms with E-state index in [2.05, 4.69) is 15.5 Å². The van der Waals surface area contributed by atoms with Crippen molar-refractivity contribution in [2.75, 3.05) is 5.75 Å². The molecule has 0 fully saturated rings. The number of alkyl halides is 3. The van der Waals surface area contributed by atoms with E-state index in [1.807, 2.05) is 0 Å². The zero-order valence-electron chi connectivity index (χ0n) is 12.0. The fourth-order valence-electron chi connectivity index (χ4n) is 1.79. The van der Waals surface area contributed by atoms with Crippen LogP contribution in [0.4, 0.5) is 13.2 Å². The third kappa shape index (κ3) is 4.38. The van der Waals surface area contributed by atoms with Gasteiger partial charge in [0.25, 0.3) is 0 Å². The highest BCUT2D eigenvalue weighted by Gasteiger charge is 2.30. The van der Waals surface area contributed by atoms with E-state index in [1.165, 1.54) is 18.2 Å². The van der Waals surface area contributed by atoms with Gasteiger partial charge in [0.1, 0.15) is 5.75 Å². The second-order valence-corrected chi connectivity index (χ2v) is 6.78. The van der Waals surface area contributed by atoms with E-state index in [9.17, 15) is 21.6 Å². The minimum absolute atomic E-state index is 0.0364. The molecule has 0 radical (unpaired) electrons. The molecule has 0 bridgehead atoms. The highest BCUT2D eigenvalue weighted by molar-refractivity contribution is 7.90. The van der Waals surface area contributed by atoms with Crippen molar-refractivity contribution in [1.82, 2.24) is 20.2 Å². The standard InChI is InChI=1S/C13H13F3N4O2S/c1-2-3-8-23(21,22)9-12-17-18-19-20(12)11-6-4-10(5-7-11)13(14,15)16/h2-7H,8-9H2,1H3/b3-2+. The SMILES string of the molecule is C/C=C/CS(=O)(=O)Cc1nnnn1-c1ccc(C(F)(F)F)cc1. The molecule has 0 saturated heterocycles. The smallest absolute Gasteiger partial charge is 0.228 e. The predicted octanol–water partition coefficient (Wildman–Crippen LogP) is 2.17. The summed E-state index contributed by atoms with van der Waals surface area (Å²) in [5.74, 6) is -0.538. The number of sulfone groups is 1. The maximum Gasteiger partial charge on any atom is 0.416 e. The fraction of sp³-hybridized carbons (Fsp3) is 0.308. The molecular weight excluding hydrogens is 333 g/mol. The summed E-state index contributed by atoms with van der Waals surface area (Å²) in [6, 6.07) is 4.13. The van der Waals surface area contributed by atoms with E-state index >= 15 is 0 Å². The maximum atomic E-state index is 12.5. The molecular formula is C13H13F3N4O2S. The topological polar surface area (TPSA) is 77.7 Å². The summed E-state index contributed by atoms with van der Waals surface area (Å²) < 4.78 is 62.6. The van der Waals surface area contributed by atoms with Crippen LogP contribution in [0.5, 0.6) is 0 Å². The Bertz CT molecular complexity index is 795. The van der Waals surface area contributed by atoms with Crippen molar-refractivity contribution in [3.63, 3.8) is 0 Å². The Morgan fingerprint density at radius 3 is 2.43 bits per heavy atom. The molecule has 2 aromatic rings. The molecule has 0 amide bonds. The van der Waals surface area contributed by atoms with Gasteiger partial charge in [-0.1, -0.05) is 12.2 Å². The van der Waals surface area contributed by atoms with E-state index in [0.29, 0.717) is 0 Å². The normalized spacial score (nSPS) is 12.9. The minimum Gasteiger partial charge on any atom is -0.228 e. The van der Waals surface area contributed by atoms with Gasteiger partial charge in [-0.15, -0.1) is 5.10 Å². The molecule has 6 nitrogen and oxygen atoms in total. The van der Waals surface area contributed by atoms with Crippen molar-refractivity contribution in [1.29, 1.82) is 0 Å². The van der Waals surface area contributed by atoms with Crippen LogP contribution in [0.1, 0.15) is 18.3 Å². The number of rotatable bonds is 5. The number of nitrogens with zero attached hydrogens (tertiary/aromatic N) is 4. The molecule has 0 aliphatic heterocycles. The number of benzene rings is 1. The third-order valence-electron chi connectivity index (χ3n) is 2.91. The minimum atomic E-state index is -4.45. The Labute approximate surface area is 130 Å². The van der Waals surface area contributed by atoms with Crippen molar-refractivity contribution in [3.05, 3.63) is 47.8 Å². The molecule has 2 rings (SSSR count). The molecule has 1 heterocycles. The Balaban J connectivity index is 2.28. The first-order valence-electron chi connectivity index (χ1n) is 6.49. The molecule has 0 N–H and O–H groups in total. The highest BCUT2D eigenvalue weighted by atomic mass is 32.2. The number of halogens is 3. The van der Waals surface area contributed by atoms with E-state index in [0.717, 1.165) is 16.8 Å². The molecule has 0 aliphatic carbocycles. The van der Waals surface area contributed by atoms with Crippen LogP contribution in [0.2, 0.25) is 0 Å². The Morgan fingerprint density at radius 1 is 1.22 bits per heavy atom. The third-order valence-corrected chi connectivity index (χ3v) is 4.31. The molecule has 23 heavy (non-hydrogen) atoms. The van der Waals surface area contributed by atoms with Crippen LogP contribution in [-0.4, -0.2) is 34.4 Å². The summed E-state index contributed by atoms with van der Waals surface area (Å²) >= 11 is 0. The molecule has 0 saturated carbocycles. The van der Waals surface area contributed by atoms with Crippen LogP contribution in [-0.2, 0) is 21.8 Å². The van der Waals surface area contributed by atoms with Crippen molar-refractivity contribution < 1.29 is 21.6 Å². The van der Waals surface area contributed by atoms with Crippen LogP contribution in [0, 0.1) is 0 Å². The molecule has 124 valence electrons. The average Bonchev–Trinajstić information content (AvgIpc) is 2.92. The van der Waals surface area contributed by atoms with E-state index in [1.54, 1.807) is 13.0 Å². The van der Waals surface area contributed by atoms with Gasteiger partial charge < -0.3 is 0 Å². The summed E-state index contributed by atoms with van der Waals surface area (Å²) in [6.07, 6.45) is -1.35. The van der Waals surface area contributed by atoms with Gasteiger partial charge in [-0.05, 0) is 41.6 Å². The van der Waals surface area contributed by atoms with Gasteiger partial charge >= 0.3 is 6.18 Å². The molecule has 0 unspecified atom stereocenters. The monoisotopic (exact) mass is 346 g/mol. The van der Waals surface area contributed by atoms with Crippen molar-refractivity contribution in [2.45, 2.75) is 18.9 Å². The van der Waals surface area contributed by atoms with Gasteiger partial charge in [-0.2, -0.15) is 17.9 Å². The first kappa shape index (κ1) is 17.1. The van der Waals surface area contributed by atoms with Crippen molar-refractivity contribution in [3.8, 4) is 5.69 Å². The second-order valence-electron chi connectivity index (χ2n) is 4.68. The Kier molecular flexibility index (Phi) is 4.83. The van der Waals surface area contributed by atoms with Crippen LogP contribution >= 0.6 is 0 Å². The number of tetrazole rings is 1. The summed E-state index contributed by atoms with van der Waals surface area (Å²) in [7, 11) is -3.46. The van der Waals surface area contributed by atoms with E-state index in [4.69, 9.17) is 0 Å². The summed E-state index contributed by atoms with van der Waals surface area (Å²) in [5.41, 5.74) is -0.559. The van der Waals surface area contributed by atoms with E-state index < -0.39 is 27.3 Å². The first-order valence-corrected chi connectivity index (χ1v) is 8.31. The molecule has 10 heteroatoms. The van der Waals surface area contributed by atoms with Gasteiger partial charge in [0, 0.05) is 0 Å². The molecule has 0 spiro atoms. The van der Waals surface area contributed by atoms with E-state index in [-0.39, 0.29) is 17.3 Å². The zero-order chi connectivity index (χ0) is 17.1. The van der Waals surface area contributed by atoms with Gasteiger partial charge in [0.05, 0.1) is 17.0 Å². The Hall–Kier alpha value is -2.23. The largest absolute Gasteiger partial charge is 0.416 e. The van der Waals surface area contributed by atoms with Crippen molar-refractivity contribution in [2.24, 2.45) is 0 Å². The number of hydrogen-bond acceptors (Lipinski definition) is 5. The number of allylic oxidation sites excluding steroid dienone is 1. The lowest BCUT2D eigenvalue weighted by atomic mass is 10.2. The van der Waals surface area contributed by atoms with Gasteiger partial charge in [-0.3, -0.25) is 0 Å². The van der Waals surface area contributed by atoms with Crippen LogP contribution in [0.25, 0.3) is 5.69 Å². The number of aromatic nitrogens is 4. The molecule has 1 aromatic carbocycles. The van der Waals surface area contributed by atoms with Gasteiger partial charge in [0.2, 0.25) is 0 Å². The average molecular weight is 346 g/mol. The summed E-state index contributed by atoms with van der Waals surface area (Å²) in [6.45, 7) is 1.70. The van der Waals surface area contributed by atoms with Crippen LogP contribution in [0.3, 0.4) is 0 Å². The zero-order valence-corrected chi connectivity index (χ0v) is 12.8. The quantitative estimate of drug-likeness (QED) is 0.776. The second kappa shape index (κ2) is 6.49. The molecule has 0 aliphatic rings. The first-order chi connectivity index (χ1) is 10.7. The lowest BCUT2D eigenvalue weighted by Gasteiger charge is -2.08. The molecule has 1 aromatic heterocycles. The molecule has 0 atom stereocenters. The maximum absolute atomic E-state index is 12.5. The van der Waals surface area contributed by atoms with Gasteiger partial charge in [-0.25, -0.2) is 8.42 Å². The summed E-state index contributed by atoms with van der Waals surface area (Å²) in [5, 5.41) is 10.7. The fourth-order valence-corrected chi connectivity index (χ4v) is 2.96. The Morgan fingerprint density at radius 2 is 1.87 bits per heavy atom. The summed E-state index contributed by atoms with van der Waals surface area (Å²) in [4.78, 5) is 0. The van der Waals surface area contributed by atoms with Crippen molar-refractivity contribution >= 4 is 9.84 Å². The van der Waals surface area contributed by atoms with Gasteiger partial charge in [0.15, 0.2) is 15.7 Å². The van der Waals surface area contributed by atoms with Crippen LogP contribution in [0.15, 0.2) is 36.4 Å². The lowest BCUT2D eigenvalue weighted by Crippen LogP contribution is -2.13.